The van der Waals surface area contributed by atoms with Crippen LogP contribution in [0.15, 0.2) is 94.4 Å². The van der Waals surface area contributed by atoms with Crippen molar-refractivity contribution in [2.45, 2.75) is 37.6 Å². The first kappa shape index (κ1) is 36.0. The molecule has 0 fully saturated rings. The highest BCUT2D eigenvalue weighted by Gasteiger charge is 2.28. The van der Waals surface area contributed by atoms with Gasteiger partial charge < -0.3 is 14.2 Å². The second kappa shape index (κ2) is 15.2. The zero-order valence-electron chi connectivity index (χ0n) is 27.6. The molecule has 0 unspecified atom stereocenters. The maximum absolute atomic E-state index is 11.9. The number of thiazole rings is 1. The molecule has 0 saturated carbocycles. The summed E-state index contributed by atoms with van der Waals surface area (Å²) in [5.74, 6) is -1.04. The average Bonchev–Trinajstić information content (AvgIpc) is 3.60. The first-order valence-corrected chi connectivity index (χ1v) is 21.3. The van der Waals surface area contributed by atoms with Crippen LogP contribution in [0.3, 0.4) is 0 Å². The molecule has 0 spiro atoms. The summed E-state index contributed by atoms with van der Waals surface area (Å²) in [5, 5.41) is 6.40. The molecule has 10 nitrogen and oxygen atoms in total. The van der Waals surface area contributed by atoms with Crippen molar-refractivity contribution in [1.82, 2.24) is 4.72 Å². The van der Waals surface area contributed by atoms with Gasteiger partial charge in [0.25, 0.3) is 5.01 Å². The van der Waals surface area contributed by atoms with Crippen LogP contribution in [0, 0.1) is 0 Å². The molecule has 0 saturated heterocycles. The van der Waals surface area contributed by atoms with E-state index in [9.17, 15) is 26.2 Å². The quantitative estimate of drug-likeness (QED) is 0.0804. The lowest BCUT2D eigenvalue weighted by Crippen LogP contribution is -2.36. The smallest absolute Gasteiger partial charge is 0.263 e. The van der Waals surface area contributed by atoms with Gasteiger partial charge in [-0.3, -0.25) is 9.52 Å². The molecule has 14 heteroatoms. The minimum atomic E-state index is -4.35. The third-order valence-electron chi connectivity index (χ3n) is 8.27. The minimum Gasteiger partial charge on any atom is -0.748 e. The predicted molar refractivity (Wildman–Crippen MR) is 201 cm³/mol. The number of thioether (sulfide) groups is 1. The predicted octanol–water partition coefficient (Wildman–Crippen LogP) is 6.16. The Kier molecular flexibility index (Phi) is 11.0. The van der Waals surface area contributed by atoms with E-state index in [2.05, 4.69) is 77.1 Å². The lowest BCUT2D eigenvalue weighted by atomic mass is 10.1. The van der Waals surface area contributed by atoms with Crippen molar-refractivity contribution in [2.75, 3.05) is 36.7 Å². The van der Waals surface area contributed by atoms with Gasteiger partial charge in [-0.1, -0.05) is 84.6 Å². The van der Waals surface area contributed by atoms with Crippen LogP contribution in [0.5, 0.6) is 0 Å². The Balaban J connectivity index is 1.33. The fourth-order valence-electron chi connectivity index (χ4n) is 6.01. The molecule has 0 atom stereocenters. The highest BCUT2D eigenvalue weighted by Crippen LogP contribution is 2.49. The number of anilines is 1. The second-order valence-corrected chi connectivity index (χ2v) is 17.3. The number of carbonyl (C=O) groups excluding carboxylic acids is 1. The number of aryl methyl sites for hydroxylation is 1. The van der Waals surface area contributed by atoms with Gasteiger partial charge in [0.15, 0.2) is 6.54 Å². The Morgan fingerprint density at radius 1 is 0.960 bits per heavy atom. The minimum absolute atomic E-state index is 0.0698. The van der Waals surface area contributed by atoms with Crippen LogP contribution in [0.2, 0.25) is 0 Å². The molecule has 1 amide bonds. The second-order valence-electron chi connectivity index (χ2n) is 11.9. The highest BCUT2D eigenvalue weighted by molar-refractivity contribution is 8.04. The van der Waals surface area contributed by atoms with E-state index in [-0.39, 0.29) is 19.4 Å². The number of hydrogen-bond donors (Lipinski definition) is 1. The summed E-state index contributed by atoms with van der Waals surface area (Å²) < 4.78 is 68.1. The fraction of sp³-hybridized carbons (Fsp3) is 0.278. The van der Waals surface area contributed by atoms with E-state index < -0.39 is 31.8 Å². The van der Waals surface area contributed by atoms with Crippen molar-refractivity contribution >= 4 is 92.7 Å². The molecule has 50 heavy (non-hydrogen) atoms. The lowest BCUT2D eigenvalue weighted by Gasteiger charge is -2.21. The van der Waals surface area contributed by atoms with Crippen LogP contribution in [-0.4, -0.2) is 59.1 Å². The molecule has 1 aliphatic rings. The Labute approximate surface area is 300 Å². The number of benzene rings is 4. The van der Waals surface area contributed by atoms with Crippen molar-refractivity contribution in [3.8, 4) is 0 Å². The van der Waals surface area contributed by atoms with Crippen molar-refractivity contribution in [3.63, 3.8) is 0 Å². The summed E-state index contributed by atoms with van der Waals surface area (Å²) in [6.07, 6.45) is 6.12. The molecular formula is C36H37N3O7S4. The number of aromatic nitrogens is 1. The molecule has 6 rings (SSSR count). The highest BCUT2D eigenvalue weighted by atomic mass is 32.2. The van der Waals surface area contributed by atoms with Crippen LogP contribution < -0.4 is 14.2 Å². The number of sulfonamides is 1. The zero-order chi connectivity index (χ0) is 35.5. The lowest BCUT2D eigenvalue weighted by molar-refractivity contribution is -0.667. The van der Waals surface area contributed by atoms with Gasteiger partial charge in [0, 0.05) is 29.7 Å². The number of fused-ring (bicyclic) bond motifs is 6. The van der Waals surface area contributed by atoms with E-state index in [1.165, 1.54) is 0 Å². The standard InChI is InChI=1S/C36H37N3O7S4/c1-3-25(24-34-39(18-8-22-50(43,44)45)35-28-11-6-4-9-26(28)14-16-31(35)47-34)23-33-38(19-21-46-20-17-32(40)37-49(2,41)42)30-15-13-27-10-5-7-12-29(27)36(30)48-33/h4-7,9-16,23-24H,3,8,17-22H2,1-2H3,(H-,37,40,43,44,45). The van der Waals surface area contributed by atoms with Crippen LogP contribution in [-0.2, 0) is 36.2 Å². The van der Waals surface area contributed by atoms with Crippen LogP contribution in [0.25, 0.3) is 37.8 Å². The maximum atomic E-state index is 11.9. The van der Waals surface area contributed by atoms with Gasteiger partial charge in [0.05, 0.1) is 52.1 Å². The molecule has 2 heterocycles. The summed E-state index contributed by atoms with van der Waals surface area (Å²) in [6, 6.07) is 24.7. The number of carbonyl (C=O) groups is 1. The Hall–Kier alpha value is -3.79. The fourth-order valence-corrected chi connectivity index (χ4v) is 9.49. The summed E-state index contributed by atoms with van der Waals surface area (Å²) in [7, 11) is -7.97. The van der Waals surface area contributed by atoms with Crippen molar-refractivity contribution in [2.24, 2.45) is 0 Å². The Morgan fingerprint density at radius 3 is 2.38 bits per heavy atom. The molecule has 0 radical (unpaired) electrons. The van der Waals surface area contributed by atoms with Crippen molar-refractivity contribution in [3.05, 3.63) is 94.5 Å². The van der Waals surface area contributed by atoms with E-state index in [0.29, 0.717) is 19.7 Å². The van der Waals surface area contributed by atoms with E-state index in [4.69, 9.17) is 4.74 Å². The third kappa shape index (κ3) is 8.56. The average molecular weight is 752 g/mol. The first-order chi connectivity index (χ1) is 23.9. The van der Waals surface area contributed by atoms with Crippen LogP contribution >= 0.6 is 23.1 Å². The molecule has 0 aliphatic carbocycles. The van der Waals surface area contributed by atoms with Gasteiger partial charge in [0.2, 0.25) is 21.4 Å². The van der Waals surface area contributed by atoms with Gasteiger partial charge in [-0.2, -0.15) is 4.57 Å². The number of hydrogen-bond acceptors (Lipinski definition) is 10. The Bertz CT molecular complexity index is 2370. The summed E-state index contributed by atoms with van der Waals surface area (Å²) in [6.45, 7) is 3.38. The number of allylic oxidation sites excluding steroid dienone is 2. The van der Waals surface area contributed by atoms with E-state index >= 15 is 0 Å². The molecule has 1 aliphatic heterocycles. The topological polar surface area (TPSA) is 137 Å². The molecule has 5 aromatic rings. The summed E-state index contributed by atoms with van der Waals surface area (Å²) in [5.41, 5.74) is 3.13. The number of ether oxygens (including phenoxy) is 1. The molecule has 1 aromatic heterocycles. The largest absolute Gasteiger partial charge is 0.748 e. The van der Waals surface area contributed by atoms with Crippen LogP contribution in [0.4, 0.5) is 5.69 Å². The molecule has 0 bridgehead atoms. The number of amides is 1. The van der Waals surface area contributed by atoms with Crippen LogP contribution in [0.1, 0.15) is 31.2 Å². The normalized spacial score (nSPS) is 14.7. The van der Waals surface area contributed by atoms with Gasteiger partial charge in [-0.05, 0) is 52.4 Å². The maximum Gasteiger partial charge on any atom is 0.263 e. The Morgan fingerprint density at radius 2 is 1.66 bits per heavy atom. The molecular weight excluding hydrogens is 715 g/mol. The summed E-state index contributed by atoms with van der Waals surface area (Å²) in [4.78, 5) is 15.3. The molecule has 1 N–H and O–H groups in total. The zero-order valence-corrected chi connectivity index (χ0v) is 30.9. The van der Waals surface area contributed by atoms with Gasteiger partial charge in [0.1, 0.15) is 4.70 Å². The summed E-state index contributed by atoms with van der Waals surface area (Å²) >= 11 is 3.32. The number of nitrogens with zero attached hydrogens (tertiary/aromatic N) is 2. The first-order valence-electron chi connectivity index (χ1n) is 16.2. The van der Waals surface area contributed by atoms with Gasteiger partial charge in [-0.25, -0.2) is 16.8 Å². The van der Waals surface area contributed by atoms with E-state index in [0.717, 1.165) is 70.6 Å². The molecule has 4 aromatic carbocycles. The van der Waals surface area contributed by atoms with Crippen molar-refractivity contribution < 1.29 is 35.5 Å². The van der Waals surface area contributed by atoms with E-state index in [1.807, 2.05) is 29.0 Å². The van der Waals surface area contributed by atoms with Gasteiger partial charge >= 0.3 is 0 Å². The number of rotatable bonds is 14. The SMILES string of the molecule is CCC(=Cc1sc2ccc3ccccc3c2[n+]1CCCS(=O)(=O)[O-])C=C1Sc2c(ccc3ccccc23)N1CCOCCC(=O)NS(C)(=O)=O. The van der Waals surface area contributed by atoms with E-state index in [1.54, 1.807) is 23.1 Å². The molecule has 262 valence electrons. The van der Waals surface area contributed by atoms with Gasteiger partial charge in [-0.15, -0.1) is 0 Å². The third-order valence-corrected chi connectivity index (χ3v) is 11.9. The monoisotopic (exact) mass is 751 g/mol. The number of nitrogens with one attached hydrogen (secondary N) is 1. The van der Waals surface area contributed by atoms with Crippen molar-refractivity contribution in [1.29, 1.82) is 0 Å².